The van der Waals surface area contributed by atoms with Crippen LogP contribution < -0.4 is 25.6 Å². The quantitative estimate of drug-likeness (QED) is 0.215. The summed E-state index contributed by atoms with van der Waals surface area (Å²) >= 11 is 0. The molecule has 2 aliphatic heterocycles. The van der Waals surface area contributed by atoms with E-state index in [9.17, 15) is 27.9 Å². The number of urea groups is 1. The summed E-state index contributed by atoms with van der Waals surface area (Å²) in [7, 11) is 2.17. The minimum atomic E-state index is -5.19. The number of primary amides is 1. The van der Waals surface area contributed by atoms with Gasteiger partial charge in [-0.05, 0) is 79.9 Å². The van der Waals surface area contributed by atoms with Gasteiger partial charge in [0.15, 0.2) is 17.3 Å². The Hall–Kier alpha value is -5.84. The van der Waals surface area contributed by atoms with Crippen LogP contribution in [0.1, 0.15) is 29.8 Å². The number of piperidine rings is 1. The van der Waals surface area contributed by atoms with Crippen molar-refractivity contribution in [2.24, 2.45) is 5.73 Å². The van der Waals surface area contributed by atoms with Gasteiger partial charge in [-0.2, -0.15) is 18.2 Å². The zero-order valence-corrected chi connectivity index (χ0v) is 28.3. The number of fused-ring (bicyclic) bond motifs is 1. The molecule has 276 valence electrons. The molecule has 17 heteroatoms. The summed E-state index contributed by atoms with van der Waals surface area (Å²) in [6, 6.07) is 18.0. The first-order valence-electron chi connectivity index (χ1n) is 16.2. The van der Waals surface area contributed by atoms with Gasteiger partial charge < -0.3 is 49.4 Å². The number of rotatable bonds is 9. The zero-order valence-electron chi connectivity index (χ0n) is 28.3. The van der Waals surface area contributed by atoms with E-state index in [0.717, 1.165) is 54.1 Å². The second-order valence-electron chi connectivity index (χ2n) is 12.8. The highest BCUT2D eigenvalue weighted by atomic mass is 19.4. The van der Waals surface area contributed by atoms with Crippen LogP contribution in [0.15, 0.2) is 71.3 Å². The minimum Gasteiger partial charge on any atom is -0.542 e. The number of aliphatic carboxylic acids is 1. The third-order valence-corrected chi connectivity index (χ3v) is 8.69. The Morgan fingerprint density at radius 3 is 2.33 bits per heavy atom. The molecule has 0 spiro atoms. The summed E-state index contributed by atoms with van der Waals surface area (Å²) < 4.78 is 48.5. The number of likely N-dealkylation sites (N-methyl/N-ethyl adjacent to an activating group) is 1. The lowest BCUT2D eigenvalue weighted by molar-refractivity contribution is -0.928. The van der Waals surface area contributed by atoms with Crippen molar-refractivity contribution in [3.63, 3.8) is 0 Å². The number of aryl methyl sites for hydroxylation is 1. The first-order chi connectivity index (χ1) is 24.6. The van der Waals surface area contributed by atoms with Gasteiger partial charge in [0, 0.05) is 23.2 Å². The van der Waals surface area contributed by atoms with Crippen molar-refractivity contribution in [2.75, 3.05) is 32.2 Å². The number of likely N-dealkylation sites (tertiary alicyclic amines) is 1. The van der Waals surface area contributed by atoms with E-state index in [2.05, 4.69) is 22.5 Å². The number of ether oxygens (including phenoxy) is 2. The number of hydrogen-bond donors (Lipinski definition) is 3. The van der Waals surface area contributed by atoms with Crippen LogP contribution in [0.4, 0.5) is 23.7 Å². The number of nitrogens with two attached hydrogens (primary N) is 1. The molecular weight excluding hydrogens is 689 g/mol. The fourth-order valence-corrected chi connectivity index (χ4v) is 6.30. The molecule has 1 unspecified atom stereocenters. The summed E-state index contributed by atoms with van der Waals surface area (Å²) in [6.07, 6.45) is -3.41. The minimum absolute atomic E-state index is 0.118. The van der Waals surface area contributed by atoms with Crippen molar-refractivity contribution in [3.05, 3.63) is 83.7 Å². The van der Waals surface area contributed by atoms with Crippen molar-refractivity contribution < 1.29 is 56.2 Å². The molecule has 3 atom stereocenters. The normalized spacial score (nSPS) is 18.4. The van der Waals surface area contributed by atoms with E-state index in [0.29, 0.717) is 28.4 Å². The lowest BCUT2D eigenvalue weighted by Gasteiger charge is -2.46. The van der Waals surface area contributed by atoms with Gasteiger partial charge in [0.25, 0.3) is 5.89 Å². The van der Waals surface area contributed by atoms with Crippen LogP contribution in [-0.4, -0.2) is 87.7 Å². The molecule has 0 radical (unpaired) electrons. The largest absolute Gasteiger partial charge is 0.542 e. The summed E-state index contributed by atoms with van der Waals surface area (Å²) in [6.45, 7) is 4.21. The number of alkyl halides is 3. The monoisotopic (exact) mass is 726 g/mol. The van der Waals surface area contributed by atoms with E-state index >= 15 is 0 Å². The van der Waals surface area contributed by atoms with Crippen molar-refractivity contribution in [1.29, 1.82) is 0 Å². The van der Waals surface area contributed by atoms with Crippen molar-refractivity contribution >= 4 is 23.6 Å². The van der Waals surface area contributed by atoms with Crippen molar-refractivity contribution in [2.45, 2.75) is 51.0 Å². The van der Waals surface area contributed by atoms with Crippen LogP contribution in [-0.2, 0) is 22.6 Å². The Kier molecular flexibility index (Phi) is 11.2. The van der Waals surface area contributed by atoms with E-state index in [1.165, 1.54) is 0 Å². The van der Waals surface area contributed by atoms with Gasteiger partial charge in [-0.3, -0.25) is 4.79 Å². The SMILES string of the molecule is Cc1noc(-c2ccc(NC(=O)N([C@@H]3CCC[N+](C)(Cc4ccc5c(c4)OCO5)C3)[C@@H](Cc3ccc(O)cc3)C(N)=O)cc2)n1.O=C([O-])C(F)(F)F. The molecule has 0 bridgehead atoms. The van der Waals surface area contributed by atoms with Gasteiger partial charge in [-0.1, -0.05) is 17.3 Å². The van der Waals surface area contributed by atoms with Gasteiger partial charge in [0.2, 0.25) is 12.7 Å². The molecule has 52 heavy (non-hydrogen) atoms. The number of nitrogens with one attached hydrogen (secondary N) is 1. The highest BCUT2D eigenvalue weighted by Gasteiger charge is 2.41. The molecule has 4 aromatic rings. The van der Waals surface area contributed by atoms with Crippen LogP contribution in [0.2, 0.25) is 0 Å². The molecule has 0 aliphatic carbocycles. The molecule has 3 aromatic carbocycles. The molecule has 3 heterocycles. The fraction of sp³-hybridized carbons (Fsp3) is 0.343. The van der Waals surface area contributed by atoms with Crippen LogP contribution in [0, 0.1) is 6.92 Å². The van der Waals surface area contributed by atoms with E-state index < -0.39 is 30.1 Å². The molecule has 2 aliphatic rings. The fourth-order valence-electron chi connectivity index (χ4n) is 6.30. The molecule has 0 saturated carbocycles. The van der Waals surface area contributed by atoms with Crippen LogP contribution >= 0.6 is 0 Å². The number of hydrogen-bond acceptors (Lipinski definition) is 10. The number of phenolic OH excluding ortho intramolecular Hbond substituents is 1. The number of aromatic nitrogens is 2. The number of benzene rings is 3. The lowest BCUT2D eigenvalue weighted by Crippen LogP contribution is -2.62. The Balaban J connectivity index is 0.000000679. The third kappa shape index (κ3) is 9.48. The maximum absolute atomic E-state index is 14.1. The maximum Gasteiger partial charge on any atom is 0.430 e. The third-order valence-electron chi connectivity index (χ3n) is 8.69. The van der Waals surface area contributed by atoms with Crippen LogP contribution in [0.5, 0.6) is 17.2 Å². The number of carboxylic acid groups (broad SMARTS) is 1. The average Bonchev–Trinajstić information content (AvgIpc) is 3.74. The number of quaternary nitrogens is 1. The maximum atomic E-state index is 14.1. The molecule has 1 aromatic heterocycles. The first kappa shape index (κ1) is 37.4. The number of nitrogens with zero attached hydrogens (tertiary/aromatic N) is 4. The van der Waals surface area contributed by atoms with Gasteiger partial charge in [-0.25, -0.2) is 4.79 Å². The van der Waals surface area contributed by atoms with Crippen LogP contribution in [0.3, 0.4) is 0 Å². The number of carbonyl (C=O) groups excluding carboxylic acids is 3. The predicted molar refractivity (Wildman–Crippen MR) is 176 cm³/mol. The first-order valence-corrected chi connectivity index (χ1v) is 16.2. The number of carbonyl (C=O) groups is 3. The topological polar surface area (TPSA) is 193 Å². The number of anilines is 1. The number of halogens is 3. The molecule has 3 amide bonds. The van der Waals surface area contributed by atoms with E-state index in [1.807, 2.05) is 18.2 Å². The molecule has 4 N–H and O–H groups in total. The van der Waals surface area contributed by atoms with E-state index in [1.54, 1.807) is 60.4 Å². The van der Waals surface area contributed by atoms with Crippen molar-refractivity contribution in [3.8, 4) is 28.7 Å². The average molecular weight is 727 g/mol. The smallest absolute Gasteiger partial charge is 0.430 e. The summed E-state index contributed by atoms with van der Waals surface area (Å²) in [5, 5.41) is 25.4. The number of phenols is 1. The number of aromatic hydroxyl groups is 1. The number of carboxylic acids is 1. The molecule has 1 saturated heterocycles. The second kappa shape index (κ2) is 15.6. The lowest BCUT2D eigenvalue weighted by atomic mass is 9.96. The Labute approximate surface area is 296 Å². The van der Waals surface area contributed by atoms with Gasteiger partial charge in [0.1, 0.15) is 24.3 Å². The van der Waals surface area contributed by atoms with Gasteiger partial charge >= 0.3 is 12.2 Å². The summed E-state index contributed by atoms with van der Waals surface area (Å²) in [4.78, 5) is 41.9. The molecular formula is C35H37F3N6O8. The van der Waals surface area contributed by atoms with E-state index in [-0.39, 0.29) is 25.0 Å². The molecule has 6 rings (SSSR count). The standard InChI is InChI=1S/C33H36N6O6.C2HF3O2/c1-21-35-32(45-37-21)24-8-10-25(11-9-24)36-33(42)38(28(31(34)41)16-22-5-12-27(40)13-6-22)26-4-3-15-39(2,19-26)18-23-7-14-29-30(17-23)44-20-43-29;3-2(4,5)1(6)7/h5-14,17,26,28H,3-4,15-16,18-20H2,1-2H3,(H3-,34,35,36,37,40,41,42);(H,6,7)/t26-,28+,39?;/m1./s1. The Morgan fingerprint density at radius 2 is 1.71 bits per heavy atom. The molecule has 1 fully saturated rings. The van der Waals surface area contributed by atoms with Gasteiger partial charge in [0.05, 0.1) is 26.2 Å². The number of amides is 3. The summed E-state index contributed by atoms with van der Waals surface area (Å²) in [5.41, 5.74) is 9.17. The summed E-state index contributed by atoms with van der Waals surface area (Å²) in [5.74, 6) is -1.11. The predicted octanol–water partition coefficient (Wildman–Crippen LogP) is 3.52. The second-order valence-corrected chi connectivity index (χ2v) is 12.8. The zero-order chi connectivity index (χ0) is 37.6. The van der Waals surface area contributed by atoms with Gasteiger partial charge in [-0.15, -0.1) is 0 Å². The highest BCUT2D eigenvalue weighted by molar-refractivity contribution is 5.94. The van der Waals surface area contributed by atoms with Crippen LogP contribution in [0.25, 0.3) is 11.5 Å². The van der Waals surface area contributed by atoms with E-state index in [4.69, 9.17) is 29.6 Å². The Morgan fingerprint density at radius 1 is 1.06 bits per heavy atom. The highest BCUT2D eigenvalue weighted by Crippen LogP contribution is 2.34. The molecule has 14 nitrogen and oxygen atoms in total. The Bertz CT molecular complexity index is 1890. The van der Waals surface area contributed by atoms with Crippen molar-refractivity contribution in [1.82, 2.24) is 15.0 Å².